The number of nitrogens with two attached hydrogens (primary N) is 1. The van der Waals surface area contributed by atoms with Crippen molar-refractivity contribution in [1.29, 1.82) is 0 Å². The van der Waals surface area contributed by atoms with E-state index in [-0.39, 0.29) is 12.1 Å². The Balaban J connectivity index is 1.89. The predicted octanol–water partition coefficient (Wildman–Crippen LogP) is 1.86. The molecule has 0 bridgehead atoms. The Hall–Kier alpha value is -1.43. The first-order chi connectivity index (χ1) is 10.2. The van der Waals surface area contributed by atoms with E-state index in [0.717, 1.165) is 37.3 Å². The molecule has 1 fully saturated rings. The molecule has 1 aliphatic rings. The summed E-state index contributed by atoms with van der Waals surface area (Å²) in [6.07, 6.45) is 2.06. The van der Waals surface area contributed by atoms with Gasteiger partial charge < -0.3 is 9.30 Å². The third-order valence-electron chi connectivity index (χ3n) is 4.51. The van der Waals surface area contributed by atoms with Gasteiger partial charge in [0.1, 0.15) is 5.82 Å². The summed E-state index contributed by atoms with van der Waals surface area (Å²) in [6, 6.07) is 8.37. The van der Waals surface area contributed by atoms with Gasteiger partial charge in [0.25, 0.3) is 0 Å². The summed E-state index contributed by atoms with van der Waals surface area (Å²) < 4.78 is 8.12. The van der Waals surface area contributed by atoms with Gasteiger partial charge in [-0.15, -0.1) is 0 Å². The van der Waals surface area contributed by atoms with Crippen LogP contribution in [0.3, 0.4) is 0 Å². The van der Waals surface area contributed by atoms with Gasteiger partial charge in [0.05, 0.1) is 23.2 Å². The summed E-state index contributed by atoms with van der Waals surface area (Å²) in [7, 11) is 0. The molecule has 0 amide bonds. The Morgan fingerprint density at radius 1 is 1.48 bits per heavy atom. The van der Waals surface area contributed by atoms with E-state index in [1.807, 2.05) is 6.07 Å². The number of nitrogens with zero attached hydrogens (tertiary/aromatic N) is 2. The Labute approximate surface area is 125 Å². The highest BCUT2D eigenvalue weighted by atomic mass is 16.5. The number of aromatic nitrogens is 2. The van der Waals surface area contributed by atoms with Crippen LogP contribution in [-0.4, -0.2) is 28.3 Å². The van der Waals surface area contributed by atoms with Gasteiger partial charge >= 0.3 is 0 Å². The SMILES string of the molecule is CCn1c(CC(NN)C2OCCC2C)nc2ccccc21. The molecule has 1 aliphatic heterocycles. The van der Waals surface area contributed by atoms with Crippen molar-refractivity contribution in [3.8, 4) is 0 Å². The van der Waals surface area contributed by atoms with Crippen molar-refractivity contribution < 1.29 is 4.74 Å². The lowest BCUT2D eigenvalue weighted by Gasteiger charge is -2.25. The number of nitrogens with one attached hydrogen (secondary N) is 1. The summed E-state index contributed by atoms with van der Waals surface area (Å²) in [5.41, 5.74) is 5.17. The van der Waals surface area contributed by atoms with Crippen LogP contribution in [0.5, 0.6) is 0 Å². The Morgan fingerprint density at radius 2 is 2.29 bits per heavy atom. The average molecular weight is 288 g/mol. The standard InChI is InChI=1S/C16H24N4O/c1-3-20-14-7-5-4-6-12(14)18-15(20)10-13(19-17)16-11(2)8-9-21-16/h4-7,11,13,16,19H,3,8-10,17H2,1-2H3. The Kier molecular flexibility index (Phi) is 4.24. The second-order valence-corrected chi connectivity index (χ2v) is 5.84. The van der Waals surface area contributed by atoms with Crippen molar-refractivity contribution in [2.45, 2.75) is 45.4 Å². The number of benzene rings is 1. The molecule has 3 N–H and O–H groups in total. The summed E-state index contributed by atoms with van der Waals surface area (Å²) in [5, 5.41) is 0. The van der Waals surface area contributed by atoms with Gasteiger partial charge in [-0.2, -0.15) is 0 Å². The monoisotopic (exact) mass is 288 g/mol. The van der Waals surface area contributed by atoms with Crippen LogP contribution in [0.25, 0.3) is 11.0 Å². The quantitative estimate of drug-likeness (QED) is 0.651. The fourth-order valence-electron chi connectivity index (χ4n) is 3.33. The Morgan fingerprint density at radius 3 is 2.95 bits per heavy atom. The first kappa shape index (κ1) is 14.5. The normalized spacial score (nSPS) is 23.8. The van der Waals surface area contributed by atoms with E-state index in [1.165, 1.54) is 5.52 Å². The minimum atomic E-state index is 0.101. The van der Waals surface area contributed by atoms with Crippen molar-refractivity contribution >= 4 is 11.0 Å². The number of fused-ring (bicyclic) bond motifs is 1. The highest BCUT2D eigenvalue weighted by molar-refractivity contribution is 5.75. The molecule has 0 saturated carbocycles. The molecule has 0 radical (unpaired) electrons. The molecule has 1 saturated heterocycles. The van der Waals surface area contributed by atoms with E-state index in [4.69, 9.17) is 15.6 Å². The highest BCUT2D eigenvalue weighted by Crippen LogP contribution is 2.25. The first-order valence-corrected chi connectivity index (χ1v) is 7.76. The molecule has 2 aromatic rings. The largest absolute Gasteiger partial charge is 0.376 e. The number of para-hydroxylation sites is 2. The number of hydrazine groups is 1. The maximum Gasteiger partial charge on any atom is 0.111 e. The van der Waals surface area contributed by atoms with Crippen LogP contribution in [0.4, 0.5) is 0 Å². The third-order valence-corrected chi connectivity index (χ3v) is 4.51. The van der Waals surface area contributed by atoms with Crippen LogP contribution in [0, 0.1) is 5.92 Å². The zero-order valence-electron chi connectivity index (χ0n) is 12.7. The smallest absolute Gasteiger partial charge is 0.111 e. The van der Waals surface area contributed by atoms with Gasteiger partial charge in [0.15, 0.2) is 0 Å². The van der Waals surface area contributed by atoms with Gasteiger partial charge in [-0.1, -0.05) is 19.1 Å². The Bertz CT molecular complexity index is 609. The number of hydrogen-bond acceptors (Lipinski definition) is 4. The van der Waals surface area contributed by atoms with E-state index in [1.54, 1.807) is 0 Å². The lowest BCUT2D eigenvalue weighted by atomic mass is 9.96. The van der Waals surface area contributed by atoms with Gasteiger partial charge in [-0.25, -0.2) is 4.98 Å². The molecule has 1 aromatic heterocycles. The fourth-order valence-corrected chi connectivity index (χ4v) is 3.33. The van der Waals surface area contributed by atoms with Gasteiger partial charge in [-0.05, 0) is 31.4 Å². The predicted molar refractivity (Wildman–Crippen MR) is 83.7 cm³/mol. The number of aryl methyl sites for hydroxylation is 1. The summed E-state index contributed by atoms with van der Waals surface area (Å²) in [5.74, 6) is 7.39. The van der Waals surface area contributed by atoms with Crippen molar-refractivity contribution in [1.82, 2.24) is 15.0 Å². The van der Waals surface area contributed by atoms with Crippen molar-refractivity contribution in [3.63, 3.8) is 0 Å². The second-order valence-electron chi connectivity index (χ2n) is 5.84. The maximum atomic E-state index is 5.86. The molecule has 2 heterocycles. The molecule has 114 valence electrons. The van der Waals surface area contributed by atoms with E-state index in [2.05, 4.69) is 42.0 Å². The summed E-state index contributed by atoms with van der Waals surface area (Å²) in [4.78, 5) is 4.78. The van der Waals surface area contributed by atoms with Gasteiger partial charge in [0, 0.05) is 19.6 Å². The average Bonchev–Trinajstić information content (AvgIpc) is 3.07. The molecular weight excluding hydrogens is 264 g/mol. The molecule has 5 heteroatoms. The van der Waals surface area contributed by atoms with Crippen LogP contribution in [0.15, 0.2) is 24.3 Å². The van der Waals surface area contributed by atoms with E-state index < -0.39 is 0 Å². The lowest BCUT2D eigenvalue weighted by Crippen LogP contribution is -2.47. The number of imidazole rings is 1. The van der Waals surface area contributed by atoms with E-state index in [9.17, 15) is 0 Å². The molecule has 21 heavy (non-hydrogen) atoms. The fraction of sp³-hybridized carbons (Fsp3) is 0.562. The van der Waals surface area contributed by atoms with Crippen LogP contribution < -0.4 is 11.3 Å². The molecular formula is C16H24N4O. The van der Waals surface area contributed by atoms with Crippen molar-refractivity contribution in [3.05, 3.63) is 30.1 Å². The number of ether oxygens (including phenoxy) is 1. The third kappa shape index (κ3) is 2.69. The maximum absolute atomic E-state index is 5.86. The molecule has 3 unspecified atom stereocenters. The van der Waals surface area contributed by atoms with E-state index >= 15 is 0 Å². The molecule has 3 rings (SSSR count). The van der Waals surface area contributed by atoms with Crippen LogP contribution in [0.1, 0.15) is 26.1 Å². The highest BCUT2D eigenvalue weighted by Gasteiger charge is 2.32. The summed E-state index contributed by atoms with van der Waals surface area (Å²) in [6.45, 7) is 6.12. The zero-order valence-corrected chi connectivity index (χ0v) is 12.7. The number of hydrogen-bond donors (Lipinski definition) is 2. The topological polar surface area (TPSA) is 65.1 Å². The molecule has 1 aromatic carbocycles. The first-order valence-electron chi connectivity index (χ1n) is 7.76. The zero-order chi connectivity index (χ0) is 14.8. The van der Waals surface area contributed by atoms with Crippen LogP contribution >= 0.6 is 0 Å². The van der Waals surface area contributed by atoms with Crippen molar-refractivity contribution in [2.24, 2.45) is 11.8 Å². The van der Waals surface area contributed by atoms with Crippen LogP contribution in [0.2, 0.25) is 0 Å². The summed E-state index contributed by atoms with van der Waals surface area (Å²) >= 11 is 0. The molecule has 0 aliphatic carbocycles. The second kappa shape index (κ2) is 6.13. The van der Waals surface area contributed by atoms with Crippen molar-refractivity contribution in [2.75, 3.05) is 6.61 Å². The molecule has 3 atom stereocenters. The lowest BCUT2D eigenvalue weighted by molar-refractivity contribution is 0.0602. The van der Waals surface area contributed by atoms with Gasteiger partial charge in [0.2, 0.25) is 0 Å². The van der Waals surface area contributed by atoms with Gasteiger partial charge in [-0.3, -0.25) is 11.3 Å². The number of rotatable bonds is 5. The minimum Gasteiger partial charge on any atom is -0.376 e. The van der Waals surface area contributed by atoms with Crippen LogP contribution in [-0.2, 0) is 17.7 Å². The minimum absolute atomic E-state index is 0.101. The van der Waals surface area contributed by atoms with E-state index in [0.29, 0.717) is 5.92 Å². The molecule has 0 spiro atoms. The molecule has 5 nitrogen and oxygen atoms in total.